The summed E-state index contributed by atoms with van der Waals surface area (Å²) in [5.74, 6) is 0.637. The number of fused-ring (bicyclic) bond motifs is 1. The highest BCUT2D eigenvalue weighted by atomic mass is 16.5. The lowest BCUT2D eigenvalue weighted by atomic mass is 10.0. The van der Waals surface area contributed by atoms with Crippen molar-refractivity contribution in [1.82, 2.24) is 4.98 Å². The fourth-order valence-corrected chi connectivity index (χ4v) is 2.17. The molecule has 1 heterocycles. The second-order valence-electron chi connectivity index (χ2n) is 3.99. The molecular formula is C13H15N3O. The number of nitrogens with zero attached hydrogens (tertiary/aromatic N) is 1. The van der Waals surface area contributed by atoms with Crippen molar-refractivity contribution in [3.05, 3.63) is 29.0 Å². The van der Waals surface area contributed by atoms with Gasteiger partial charge in [-0.05, 0) is 37.1 Å². The molecule has 0 fully saturated rings. The van der Waals surface area contributed by atoms with Crippen molar-refractivity contribution in [1.29, 1.82) is 5.26 Å². The number of hydrogen-bond acceptors (Lipinski definition) is 3. The number of ether oxygens (including phenoxy) is 1. The molecule has 2 rings (SSSR count). The van der Waals surface area contributed by atoms with Crippen LogP contribution in [0.15, 0.2) is 12.3 Å². The number of rotatable bonds is 3. The third-order valence-electron chi connectivity index (χ3n) is 2.93. The van der Waals surface area contributed by atoms with E-state index in [-0.39, 0.29) is 0 Å². The number of aromatic amines is 1. The number of H-pyrrole nitrogens is 1. The monoisotopic (exact) mass is 229 g/mol. The highest BCUT2D eigenvalue weighted by Gasteiger charge is 2.15. The van der Waals surface area contributed by atoms with E-state index in [9.17, 15) is 0 Å². The van der Waals surface area contributed by atoms with E-state index in [1.807, 2.05) is 19.2 Å². The fraction of sp³-hybridized carbons (Fsp3) is 0.308. The van der Waals surface area contributed by atoms with E-state index in [1.165, 1.54) is 0 Å². The van der Waals surface area contributed by atoms with Crippen LogP contribution in [-0.4, -0.2) is 18.6 Å². The van der Waals surface area contributed by atoms with Gasteiger partial charge in [0.15, 0.2) is 0 Å². The van der Waals surface area contributed by atoms with E-state index in [1.54, 1.807) is 7.11 Å². The molecule has 0 aliphatic rings. The first-order chi connectivity index (χ1) is 8.22. The molecule has 0 bridgehead atoms. The molecule has 0 saturated heterocycles. The third kappa shape index (κ3) is 1.75. The molecule has 0 spiro atoms. The highest BCUT2D eigenvalue weighted by Crippen LogP contribution is 2.34. The summed E-state index contributed by atoms with van der Waals surface area (Å²) in [5, 5.41) is 10.1. The zero-order valence-electron chi connectivity index (χ0n) is 10.0. The Balaban J connectivity index is 2.82. The summed E-state index contributed by atoms with van der Waals surface area (Å²) in [6.07, 6.45) is 2.71. The minimum Gasteiger partial charge on any atom is -0.495 e. The van der Waals surface area contributed by atoms with E-state index in [2.05, 4.69) is 11.1 Å². The van der Waals surface area contributed by atoms with Gasteiger partial charge in [-0.25, -0.2) is 0 Å². The molecule has 4 heteroatoms. The van der Waals surface area contributed by atoms with Crippen LogP contribution in [0.25, 0.3) is 10.9 Å². The first-order valence-corrected chi connectivity index (χ1v) is 5.50. The first kappa shape index (κ1) is 11.5. The van der Waals surface area contributed by atoms with Gasteiger partial charge in [0.2, 0.25) is 0 Å². The lowest BCUT2D eigenvalue weighted by molar-refractivity contribution is 0.418. The van der Waals surface area contributed by atoms with Gasteiger partial charge >= 0.3 is 0 Å². The Morgan fingerprint density at radius 1 is 1.53 bits per heavy atom. The van der Waals surface area contributed by atoms with Gasteiger partial charge < -0.3 is 15.5 Å². The van der Waals surface area contributed by atoms with Crippen LogP contribution in [-0.2, 0) is 6.42 Å². The first-order valence-electron chi connectivity index (χ1n) is 5.50. The van der Waals surface area contributed by atoms with Crippen molar-refractivity contribution in [2.24, 2.45) is 5.73 Å². The topological polar surface area (TPSA) is 74.8 Å². The Kier molecular flexibility index (Phi) is 3.03. The summed E-state index contributed by atoms with van der Waals surface area (Å²) < 4.78 is 5.37. The largest absolute Gasteiger partial charge is 0.495 e. The quantitative estimate of drug-likeness (QED) is 0.843. The molecule has 4 nitrogen and oxygen atoms in total. The van der Waals surface area contributed by atoms with Gasteiger partial charge in [0.25, 0.3) is 0 Å². The van der Waals surface area contributed by atoms with Crippen LogP contribution in [0.4, 0.5) is 0 Å². The van der Waals surface area contributed by atoms with Crippen molar-refractivity contribution >= 4 is 10.9 Å². The van der Waals surface area contributed by atoms with Crippen LogP contribution in [0.3, 0.4) is 0 Å². The molecule has 0 saturated carbocycles. The second kappa shape index (κ2) is 4.48. The minimum atomic E-state index is 0.565. The minimum absolute atomic E-state index is 0.565. The Morgan fingerprint density at radius 3 is 2.88 bits per heavy atom. The molecule has 3 N–H and O–H groups in total. The summed E-state index contributed by atoms with van der Waals surface area (Å²) in [6, 6.07) is 4.01. The maximum Gasteiger partial charge on any atom is 0.146 e. The number of methoxy groups -OCH3 is 1. The van der Waals surface area contributed by atoms with Crippen LogP contribution < -0.4 is 10.5 Å². The molecule has 0 radical (unpaired) electrons. The highest BCUT2D eigenvalue weighted by molar-refractivity contribution is 5.93. The van der Waals surface area contributed by atoms with E-state index >= 15 is 0 Å². The summed E-state index contributed by atoms with van der Waals surface area (Å²) in [7, 11) is 1.59. The number of nitrogens with two attached hydrogens (primary N) is 1. The Morgan fingerprint density at radius 2 is 2.29 bits per heavy atom. The summed E-state index contributed by atoms with van der Waals surface area (Å²) in [6.45, 7) is 2.55. The molecule has 1 aromatic heterocycles. The van der Waals surface area contributed by atoms with Crippen molar-refractivity contribution in [3.8, 4) is 11.8 Å². The summed E-state index contributed by atoms with van der Waals surface area (Å²) in [5.41, 5.74) is 9.31. The van der Waals surface area contributed by atoms with Crippen LogP contribution in [0, 0.1) is 18.3 Å². The molecule has 0 unspecified atom stereocenters. The number of aryl methyl sites for hydroxylation is 1. The number of nitriles is 1. The fourth-order valence-electron chi connectivity index (χ4n) is 2.17. The smallest absolute Gasteiger partial charge is 0.146 e. The molecule has 2 aromatic rings. The molecular weight excluding hydrogens is 214 g/mol. The second-order valence-corrected chi connectivity index (χ2v) is 3.99. The van der Waals surface area contributed by atoms with E-state index in [4.69, 9.17) is 15.7 Å². The van der Waals surface area contributed by atoms with Gasteiger partial charge in [-0.1, -0.05) is 0 Å². The van der Waals surface area contributed by atoms with E-state index in [0.717, 1.165) is 28.5 Å². The Hall–Kier alpha value is -1.99. The Labute approximate surface area is 100.0 Å². The normalized spacial score (nSPS) is 10.5. The average Bonchev–Trinajstić information content (AvgIpc) is 2.74. The van der Waals surface area contributed by atoms with Gasteiger partial charge in [-0.3, -0.25) is 0 Å². The van der Waals surface area contributed by atoms with Crippen LogP contribution in [0.5, 0.6) is 5.75 Å². The van der Waals surface area contributed by atoms with Crippen molar-refractivity contribution in [3.63, 3.8) is 0 Å². The van der Waals surface area contributed by atoms with Gasteiger partial charge in [0.05, 0.1) is 18.2 Å². The molecule has 0 aliphatic heterocycles. The average molecular weight is 229 g/mol. The molecule has 17 heavy (non-hydrogen) atoms. The summed E-state index contributed by atoms with van der Waals surface area (Å²) >= 11 is 0. The SMILES string of the molecule is COc1c(C#N)cc(C)c2[nH]cc(CCN)c12. The van der Waals surface area contributed by atoms with Crippen LogP contribution in [0.1, 0.15) is 16.7 Å². The standard InChI is InChI=1S/C13H15N3O/c1-8-5-10(6-15)13(17-2)11-9(3-4-14)7-16-12(8)11/h5,7,16H,3-4,14H2,1-2H3. The third-order valence-corrected chi connectivity index (χ3v) is 2.93. The predicted molar refractivity (Wildman–Crippen MR) is 67.1 cm³/mol. The number of benzene rings is 1. The summed E-state index contributed by atoms with van der Waals surface area (Å²) in [4.78, 5) is 3.22. The molecule has 88 valence electrons. The van der Waals surface area contributed by atoms with Gasteiger partial charge in [-0.2, -0.15) is 5.26 Å². The maximum atomic E-state index is 9.13. The number of hydrogen-bond donors (Lipinski definition) is 2. The van der Waals surface area contributed by atoms with Crippen molar-refractivity contribution in [2.75, 3.05) is 13.7 Å². The zero-order chi connectivity index (χ0) is 12.4. The van der Waals surface area contributed by atoms with E-state index in [0.29, 0.717) is 17.9 Å². The van der Waals surface area contributed by atoms with Gasteiger partial charge in [-0.15, -0.1) is 0 Å². The van der Waals surface area contributed by atoms with E-state index < -0.39 is 0 Å². The van der Waals surface area contributed by atoms with Crippen LogP contribution in [0.2, 0.25) is 0 Å². The lowest BCUT2D eigenvalue weighted by Crippen LogP contribution is -2.02. The van der Waals surface area contributed by atoms with Gasteiger partial charge in [0.1, 0.15) is 11.8 Å². The van der Waals surface area contributed by atoms with Crippen molar-refractivity contribution in [2.45, 2.75) is 13.3 Å². The van der Waals surface area contributed by atoms with Gasteiger partial charge in [0, 0.05) is 11.6 Å². The number of aromatic nitrogens is 1. The zero-order valence-corrected chi connectivity index (χ0v) is 10.0. The Bertz CT molecular complexity index is 593. The predicted octanol–water partition coefficient (Wildman–Crippen LogP) is 1.86. The molecule has 0 atom stereocenters. The molecule has 1 aromatic carbocycles. The maximum absolute atomic E-state index is 9.13. The lowest BCUT2D eigenvalue weighted by Gasteiger charge is -2.08. The molecule has 0 aliphatic carbocycles. The van der Waals surface area contributed by atoms with Crippen molar-refractivity contribution < 1.29 is 4.74 Å². The number of nitrogens with one attached hydrogen (secondary N) is 1. The molecule has 0 amide bonds. The van der Waals surface area contributed by atoms with Crippen LogP contribution >= 0.6 is 0 Å².